The molecule has 0 saturated heterocycles. The molecule has 0 aliphatic heterocycles. The second-order valence-electron chi connectivity index (χ2n) is 5.14. The van der Waals surface area contributed by atoms with Crippen LogP contribution >= 0.6 is 11.6 Å². The number of nitrogens with one attached hydrogen (secondary N) is 1. The molecular weight excluding hydrogens is 248 g/mol. The minimum atomic E-state index is 0.389. The van der Waals surface area contributed by atoms with E-state index in [4.69, 9.17) is 11.6 Å². The Morgan fingerprint density at radius 1 is 1.33 bits per heavy atom. The van der Waals surface area contributed by atoms with Gasteiger partial charge in [-0.2, -0.15) is 4.98 Å². The van der Waals surface area contributed by atoms with E-state index in [2.05, 4.69) is 15.3 Å². The molecule has 2 rings (SSSR count). The van der Waals surface area contributed by atoms with Crippen molar-refractivity contribution in [1.29, 1.82) is 0 Å². The topological polar surface area (TPSA) is 41.1 Å². The zero-order chi connectivity index (χ0) is 13.0. The Bertz CT molecular complexity index is 375. The van der Waals surface area contributed by atoms with E-state index in [1.165, 1.54) is 12.8 Å². The Hall–Kier alpha value is -1.03. The average Bonchev–Trinajstić information content (AvgIpc) is 2.38. The number of alkyl halides is 1. The molecule has 0 amide bonds. The molecule has 1 aromatic heterocycles. The molecular formula is C13H21ClN4. The van der Waals surface area contributed by atoms with Crippen molar-refractivity contribution in [2.45, 2.75) is 31.1 Å². The first-order valence-electron chi connectivity index (χ1n) is 6.53. The summed E-state index contributed by atoms with van der Waals surface area (Å²) in [5.74, 6) is 2.36. The van der Waals surface area contributed by atoms with Gasteiger partial charge in [-0.1, -0.05) is 0 Å². The number of hydrogen-bond acceptors (Lipinski definition) is 4. The van der Waals surface area contributed by atoms with Gasteiger partial charge in [-0.05, 0) is 37.7 Å². The highest BCUT2D eigenvalue weighted by atomic mass is 35.5. The summed E-state index contributed by atoms with van der Waals surface area (Å²) in [6.45, 7) is 0.980. The van der Waals surface area contributed by atoms with E-state index in [0.29, 0.717) is 5.38 Å². The molecule has 1 heterocycles. The van der Waals surface area contributed by atoms with Crippen molar-refractivity contribution in [3.8, 4) is 0 Å². The monoisotopic (exact) mass is 268 g/mol. The van der Waals surface area contributed by atoms with Crippen LogP contribution in [-0.4, -0.2) is 36.0 Å². The average molecular weight is 269 g/mol. The van der Waals surface area contributed by atoms with Crippen LogP contribution in [0, 0.1) is 5.92 Å². The molecule has 1 aromatic rings. The van der Waals surface area contributed by atoms with Gasteiger partial charge in [-0.3, -0.25) is 0 Å². The summed E-state index contributed by atoms with van der Waals surface area (Å²) in [5.41, 5.74) is 0. The summed E-state index contributed by atoms with van der Waals surface area (Å²) in [6, 6.07) is 1.92. The van der Waals surface area contributed by atoms with Crippen LogP contribution in [0.25, 0.3) is 0 Å². The van der Waals surface area contributed by atoms with E-state index in [9.17, 15) is 0 Å². The molecule has 1 saturated carbocycles. The fraction of sp³-hybridized carbons (Fsp3) is 0.692. The molecule has 1 aliphatic carbocycles. The molecule has 5 heteroatoms. The van der Waals surface area contributed by atoms with Crippen LogP contribution in [0.15, 0.2) is 12.3 Å². The van der Waals surface area contributed by atoms with Crippen molar-refractivity contribution in [2.24, 2.45) is 5.92 Å². The van der Waals surface area contributed by atoms with E-state index in [0.717, 1.165) is 37.1 Å². The molecule has 0 bridgehead atoms. The molecule has 1 N–H and O–H groups in total. The van der Waals surface area contributed by atoms with Crippen LogP contribution in [0.4, 0.5) is 11.8 Å². The zero-order valence-corrected chi connectivity index (χ0v) is 11.8. The highest BCUT2D eigenvalue weighted by molar-refractivity contribution is 6.20. The van der Waals surface area contributed by atoms with Gasteiger partial charge < -0.3 is 10.2 Å². The summed E-state index contributed by atoms with van der Waals surface area (Å²) in [5, 5.41) is 3.79. The van der Waals surface area contributed by atoms with Gasteiger partial charge in [0.25, 0.3) is 0 Å². The Balaban J connectivity index is 1.84. The maximum absolute atomic E-state index is 6.11. The molecule has 0 radical (unpaired) electrons. The summed E-state index contributed by atoms with van der Waals surface area (Å²) in [4.78, 5) is 10.6. The van der Waals surface area contributed by atoms with Gasteiger partial charge in [0, 0.05) is 32.2 Å². The summed E-state index contributed by atoms with van der Waals surface area (Å²) < 4.78 is 0. The number of anilines is 2. The Morgan fingerprint density at radius 2 is 2.06 bits per heavy atom. The van der Waals surface area contributed by atoms with Crippen LogP contribution in [-0.2, 0) is 0 Å². The van der Waals surface area contributed by atoms with Gasteiger partial charge in [0.1, 0.15) is 5.82 Å². The second-order valence-corrected chi connectivity index (χ2v) is 5.75. The lowest BCUT2D eigenvalue weighted by atomic mass is 9.89. The van der Waals surface area contributed by atoms with Gasteiger partial charge in [-0.25, -0.2) is 4.98 Å². The minimum Gasteiger partial charge on any atom is -0.370 e. The lowest BCUT2D eigenvalue weighted by Crippen LogP contribution is -2.22. The molecule has 0 atom stereocenters. The van der Waals surface area contributed by atoms with Crippen molar-refractivity contribution in [3.05, 3.63) is 12.3 Å². The Labute approximate surface area is 114 Å². The number of aromatic nitrogens is 2. The van der Waals surface area contributed by atoms with Crippen molar-refractivity contribution in [1.82, 2.24) is 9.97 Å². The van der Waals surface area contributed by atoms with Gasteiger partial charge in [0.15, 0.2) is 0 Å². The van der Waals surface area contributed by atoms with Crippen LogP contribution in [0.2, 0.25) is 0 Å². The Morgan fingerprint density at radius 3 is 2.72 bits per heavy atom. The van der Waals surface area contributed by atoms with Crippen LogP contribution in [0.1, 0.15) is 25.7 Å². The van der Waals surface area contributed by atoms with Crippen LogP contribution in [0.3, 0.4) is 0 Å². The molecule has 0 spiro atoms. The SMILES string of the molecule is CN(C)c1nccc(NCC2CCC(Cl)CC2)n1. The maximum atomic E-state index is 6.11. The van der Waals surface area contributed by atoms with Gasteiger partial charge in [-0.15, -0.1) is 11.6 Å². The molecule has 4 nitrogen and oxygen atoms in total. The fourth-order valence-electron chi connectivity index (χ4n) is 2.24. The normalized spacial score (nSPS) is 23.7. The first-order valence-corrected chi connectivity index (χ1v) is 6.97. The van der Waals surface area contributed by atoms with Gasteiger partial charge >= 0.3 is 0 Å². The lowest BCUT2D eigenvalue weighted by Gasteiger charge is -2.25. The highest BCUT2D eigenvalue weighted by Gasteiger charge is 2.19. The molecule has 1 fully saturated rings. The number of rotatable bonds is 4. The fourth-order valence-corrected chi connectivity index (χ4v) is 2.49. The van der Waals surface area contributed by atoms with E-state index in [1.807, 2.05) is 25.1 Å². The first kappa shape index (κ1) is 13.4. The number of nitrogens with zero attached hydrogens (tertiary/aromatic N) is 3. The second kappa shape index (κ2) is 6.23. The smallest absolute Gasteiger partial charge is 0.226 e. The van der Waals surface area contributed by atoms with Crippen molar-refractivity contribution in [2.75, 3.05) is 30.9 Å². The minimum absolute atomic E-state index is 0.389. The zero-order valence-electron chi connectivity index (χ0n) is 11.1. The van der Waals surface area contributed by atoms with Crippen LogP contribution in [0.5, 0.6) is 0 Å². The lowest BCUT2D eigenvalue weighted by molar-refractivity contribution is 0.377. The van der Waals surface area contributed by atoms with Gasteiger partial charge in [0.05, 0.1) is 0 Å². The van der Waals surface area contributed by atoms with Crippen molar-refractivity contribution >= 4 is 23.4 Å². The van der Waals surface area contributed by atoms with Crippen LogP contribution < -0.4 is 10.2 Å². The quantitative estimate of drug-likeness (QED) is 0.853. The largest absolute Gasteiger partial charge is 0.370 e. The van der Waals surface area contributed by atoms with E-state index in [-0.39, 0.29) is 0 Å². The Kier molecular flexibility index (Phi) is 4.64. The van der Waals surface area contributed by atoms with E-state index >= 15 is 0 Å². The van der Waals surface area contributed by atoms with Crippen molar-refractivity contribution < 1.29 is 0 Å². The molecule has 18 heavy (non-hydrogen) atoms. The number of hydrogen-bond donors (Lipinski definition) is 1. The summed E-state index contributed by atoms with van der Waals surface area (Å²) in [7, 11) is 3.89. The van der Waals surface area contributed by atoms with E-state index < -0.39 is 0 Å². The third-order valence-corrected chi connectivity index (χ3v) is 3.83. The molecule has 0 aromatic carbocycles. The predicted molar refractivity (Wildman–Crippen MR) is 76.4 cm³/mol. The third-order valence-electron chi connectivity index (χ3n) is 3.39. The molecule has 1 aliphatic rings. The predicted octanol–water partition coefficient (Wildman–Crippen LogP) is 2.75. The molecule has 100 valence electrons. The summed E-state index contributed by atoms with van der Waals surface area (Å²) >= 11 is 6.11. The van der Waals surface area contributed by atoms with Gasteiger partial charge in [0.2, 0.25) is 5.95 Å². The third kappa shape index (κ3) is 3.73. The summed E-state index contributed by atoms with van der Waals surface area (Å²) in [6.07, 6.45) is 6.50. The number of halogens is 1. The van der Waals surface area contributed by atoms with Crippen molar-refractivity contribution in [3.63, 3.8) is 0 Å². The first-order chi connectivity index (χ1) is 8.65. The standard InChI is InChI=1S/C13H21ClN4/c1-18(2)13-15-8-7-12(17-13)16-9-10-3-5-11(14)6-4-10/h7-8,10-11H,3-6,9H2,1-2H3,(H,15,16,17). The van der Waals surface area contributed by atoms with E-state index in [1.54, 1.807) is 6.20 Å². The maximum Gasteiger partial charge on any atom is 0.226 e. The highest BCUT2D eigenvalue weighted by Crippen LogP contribution is 2.27. The molecule has 0 unspecified atom stereocenters.